The third-order valence-corrected chi connectivity index (χ3v) is 10.0. The molecular weight excluding hydrogens is 390 g/mol. The molecule has 109 valence electrons. The van der Waals surface area contributed by atoms with Gasteiger partial charge in [0.15, 0.2) is 0 Å². The molecule has 22 heavy (non-hydrogen) atoms. The van der Waals surface area contributed by atoms with Crippen LogP contribution < -0.4 is 0 Å². The van der Waals surface area contributed by atoms with E-state index in [0.717, 1.165) is 12.8 Å². The van der Waals surface area contributed by atoms with Crippen molar-refractivity contribution in [1.82, 2.24) is 0 Å². The van der Waals surface area contributed by atoms with Crippen LogP contribution >= 0.6 is 17.0 Å². The van der Waals surface area contributed by atoms with Gasteiger partial charge in [-0.05, 0) is 0 Å². The van der Waals surface area contributed by atoms with Crippen molar-refractivity contribution in [2.75, 3.05) is 0 Å². The molecule has 2 aromatic rings. The van der Waals surface area contributed by atoms with E-state index >= 15 is 0 Å². The molecule has 3 heteroatoms. The summed E-state index contributed by atoms with van der Waals surface area (Å²) in [4.78, 5) is 0. The molecule has 0 saturated carbocycles. The van der Waals surface area contributed by atoms with Crippen molar-refractivity contribution in [1.29, 1.82) is 0 Å². The van der Waals surface area contributed by atoms with Crippen molar-refractivity contribution >= 4 is 29.2 Å². The SMILES string of the molecule is [Cl][Zr]([Cl])[CH](C1=Cc2ccccc2C1)C1=Cc2ccccc2C1. The Morgan fingerprint density at radius 2 is 1.18 bits per heavy atom. The van der Waals surface area contributed by atoms with Crippen LogP contribution in [0, 0.1) is 0 Å². The van der Waals surface area contributed by atoms with Gasteiger partial charge < -0.3 is 0 Å². The van der Waals surface area contributed by atoms with Crippen LogP contribution in [0.25, 0.3) is 12.2 Å². The first-order chi connectivity index (χ1) is 10.7. The normalized spacial score (nSPS) is 15.4. The van der Waals surface area contributed by atoms with Gasteiger partial charge in [-0.15, -0.1) is 0 Å². The van der Waals surface area contributed by atoms with Gasteiger partial charge in [0, 0.05) is 0 Å². The number of allylic oxidation sites excluding steroid dienone is 2. The second-order valence-corrected chi connectivity index (χ2v) is 14.7. The van der Waals surface area contributed by atoms with E-state index in [4.69, 9.17) is 17.0 Å². The molecule has 0 N–H and O–H groups in total. The zero-order chi connectivity index (χ0) is 15.1. The van der Waals surface area contributed by atoms with Crippen molar-refractivity contribution in [3.8, 4) is 0 Å². The average molecular weight is 405 g/mol. The quantitative estimate of drug-likeness (QED) is 0.589. The topological polar surface area (TPSA) is 0 Å². The van der Waals surface area contributed by atoms with E-state index in [1.165, 1.54) is 33.4 Å². The van der Waals surface area contributed by atoms with Crippen molar-refractivity contribution < 1.29 is 19.4 Å². The Bertz CT molecular complexity index is 726. The summed E-state index contributed by atoms with van der Waals surface area (Å²) in [5.74, 6) is 0. The first-order valence-corrected chi connectivity index (χ1v) is 15.2. The molecule has 0 aliphatic heterocycles. The Morgan fingerprint density at radius 3 is 1.59 bits per heavy atom. The minimum absolute atomic E-state index is 0.297. The first kappa shape index (κ1) is 14.9. The molecule has 0 bridgehead atoms. The average Bonchev–Trinajstić information content (AvgIpc) is 3.09. The molecule has 0 saturated heterocycles. The summed E-state index contributed by atoms with van der Waals surface area (Å²) in [6.07, 6.45) is 6.63. The van der Waals surface area contributed by atoms with E-state index in [0.29, 0.717) is 3.63 Å². The molecule has 2 aliphatic carbocycles. The standard InChI is InChI=1S/C19H15.2ClH.Zr/c1-2-6-17-11-14(10-16(17)5-1)9-15-12-18-7-3-4-8-19(18)13-15;;;/h1-10,12H,11,13H2;2*1H;/q;;;+2/p-2. The van der Waals surface area contributed by atoms with Gasteiger partial charge >= 0.3 is 147 Å². The van der Waals surface area contributed by atoms with E-state index in [1.807, 2.05) is 0 Å². The molecule has 2 aromatic carbocycles. The molecule has 0 atom stereocenters. The van der Waals surface area contributed by atoms with Crippen LogP contribution in [0.1, 0.15) is 22.3 Å². The molecule has 0 radical (unpaired) electrons. The van der Waals surface area contributed by atoms with Crippen LogP contribution in [-0.2, 0) is 32.2 Å². The van der Waals surface area contributed by atoms with Gasteiger partial charge in [0.2, 0.25) is 0 Å². The number of benzene rings is 2. The predicted octanol–water partition coefficient (Wildman–Crippen LogP) is 5.98. The molecule has 2 aliphatic rings. The van der Waals surface area contributed by atoms with E-state index in [-0.39, 0.29) is 0 Å². The number of rotatable bonds is 3. The molecule has 0 nitrogen and oxygen atoms in total. The van der Waals surface area contributed by atoms with Crippen LogP contribution in [0.4, 0.5) is 0 Å². The molecule has 4 rings (SSSR count). The molecule has 0 amide bonds. The van der Waals surface area contributed by atoms with Crippen molar-refractivity contribution in [3.63, 3.8) is 0 Å². The fourth-order valence-corrected chi connectivity index (χ4v) is 9.11. The Labute approximate surface area is 146 Å². The fraction of sp³-hybridized carbons (Fsp3) is 0.158. The van der Waals surface area contributed by atoms with Crippen molar-refractivity contribution in [2.24, 2.45) is 0 Å². The van der Waals surface area contributed by atoms with Crippen LogP contribution in [0.2, 0.25) is 3.63 Å². The van der Waals surface area contributed by atoms with Crippen LogP contribution in [-0.4, -0.2) is 0 Å². The van der Waals surface area contributed by atoms with E-state index in [1.54, 1.807) is 0 Å². The zero-order valence-corrected chi connectivity index (χ0v) is 16.0. The van der Waals surface area contributed by atoms with Gasteiger partial charge in [0.05, 0.1) is 0 Å². The maximum absolute atomic E-state index is 6.57. The van der Waals surface area contributed by atoms with Gasteiger partial charge in [-0.2, -0.15) is 0 Å². The van der Waals surface area contributed by atoms with Crippen molar-refractivity contribution in [2.45, 2.75) is 16.5 Å². The van der Waals surface area contributed by atoms with Gasteiger partial charge in [-0.1, -0.05) is 0 Å². The summed E-state index contributed by atoms with van der Waals surface area (Å²) in [5, 5.41) is 0. The summed E-state index contributed by atoms with van der Waals surface area (Å²) in [5.41, 5.74) is 8.29. The van der Waals surface area contributed by atoms with Crippen LogP contribution in [0.3, 0.4) is 0 Å². The Hall–Kier alpha value is -0.617. The molecule has 0 fully saturated rings. The van der Waals surface area contributed by atoms with Gasteiger partial charge in [0.1, 0.15) is 0 Å². The van der Waals surface area contributed by atoms with Crippen LogP contribution in [0.5, 0.6) is 0 Å². The monoisotopic (exact) mass is 403 g/mol. The molecule has 0 aromatic heterocycles. The second kappa shape index (κ2) is 6.12. The molecule has 0 spiro atoms. The van der Waals surface area contributed by atoms with E-state index < -0.39 is 19.4 Å². The van der Waals surface area contributed by atoms with Gasteiger partial charge in [-0.25, -0.2) is 0 Å². The van der Waals surface area contributed by atoms with Gasteiger partial charge in [-0.3, -0.25) is 0 Å². The number of hydrogen-bond acceptors (Lipinski definition) is 0. The molecule has 0 heterocycles. The number of hydrogen-bond donors (Lipinski definition) is 0. The Balaban J connectivity index is 1.68. The zero-order valence-electron chi connectivity index (χ0n) is 12.0. The first-order valence-electron chi connectivity index (χ1n) is 7.47. The van der Waals surface area contributed by atoms with E-state index in [2.05, 4.69) is 60.7 Å². The minimum atomic E-state index is -2.44. The third kappa shape index (κ3) is 2.69. The van der Waals surface area contributed by atoms with Crippen LogP contribution in [0.15, 0.2) is 59.7 Å². The summed E-state index contributed by atoms with van der Waals surface area (Å²) in [6, 6.07) is 17.2. The summed E-state index contributed by atoms with van der Waals surface area (Å²) < 4.78 is 0.297. The maximum atomic E-state index is 6.57. The fourth-order valence-electron chi connectivity index (χ4n) is 3.50. The number of fused-ring (bicyclic) bond motifs is 2. The Kier molecular flexibility index (Phi) is 4.15. The second-order valence-electron chi connectivity index (χ2n) is 5.91. The summed E-state index contributed by atoms with van der Waals surface area (Å²) in [6.45, 7) is 0. The van der Waals surface area contributed by atoms with Crippen molar-refractivity contribution in [3.05, 3.63) is 81.9 Å². The number of halogens is 2. The van der Waals surface area contributed by atoms with E-state index in [9.17, 15) is 0 Å². The summed E-state index contributed by atoms with van der Waals surface area (Å²) in [7, 11) is 13.1. The third-order valence-electron chi connectivity index (χ3n) is 4.54. The Morgan fingerprint density at radius 1 is 0.727 bits per heavy atom. The van der Waals surface area contributed by atoms with Gasteiger partial charge in [0.25, 0.3) is 0 Å². The molecule has 0 unspecified atom stereocenters. The predicted molar refractivity (Wildman–Crippen MR) is 91.7 cm³/mol. The summed E-state index contributed by atoms with van der Waals surface area (Å²) >= 11 is -2.44. The molecular formula is C19H15Cl2Zr.